The number of benzene rings is 3. The topological polar surface area (TPSA) is 108 Å². The van der Waals surface area contributed by atoms with E-state index in [1.807, 2.05) is 43.3 Å². The molecule has 1 heterocycles. The van der Waals surface area contributed by atoms with Gasteiger partial charge in [0.05, 0.1) is 31.4 Å². The van der Waals surface area contributed by atoms with Crippen molar-refractivity contribution in [2.24, 2.45) is 0 Å². The number of nitrogens with zero attached hydrogens (tertiary/aromatic N) is 2. The van der Waals surface area contributed by atoms with E-state index in [4.69, 9.17) is 9.47 Å². The molecule has 0 saturated carbocycles. The Balaban J connectivity index is 1.90. The zero-order valence-corrected chi connectivity index (χ0v) is 21.8. The number of aliphatic hydroxyl groups excluding tert-OH is 1. The number of carbonyl (C=O) groups excluding carboxylic acids is 3. The van der Waals surface area contributed by atoms with Gasteiger partial charge in [-0.15, -0.1) is 0 Å². The highest BCUT2D eigenvalue weighted by Gasteiger charge is 2.47. The first kappa shape index (κ1) is 26.3. The van der Waals surface area contributed by atoms with Gasteiger partial charge >= 0.3 is 0 Å². The van der Waals surface area contributed by atoms with Crippen molar-refractivity contribution in [1.82, 2.24) is 0 Å². The van der Waals surface area contributed by atoms with Gasteiger partial charge < -0.3 is 24.8 Å². The van der Waals surface area contributed by atoms with Crippen molar-refractivity contribution >= 4 is 40.4 Å². The van der Waals surface area contributed by atoms with Crippen LogP contribution in [-0.2, 0) is 14.4 Å². The Hall–Kier alpha value is -4.79. The Kier molecular flexibility index (Phi) is 7.38. The van der Waals surface area contributed by atoms with E-state index >= 15 is 0 Å². The second-order valence-electron chi connectivity index (χ2n) is 8.95. The number of rotatable bonds is 7. The van der Waals surface area contributed by atoms with Crippen LogP contribution in [0.5, 0.6) is 11.5 Å². The van der Waals surface area contributed by atoms with Crippen LogP contribution in [0.4, 0.5) is 17.1 Å². The molecule has 0 radical (unpaired) electrons. The van der Waals surface area contributed by atoms with Gasteiger partial charge in [0.25, 0.3) is 11.7 Å². The average molecular weight is 516 g/mol. The standard InChI is InChI=1S/C29H29N3O6/c1-17(33)30-19-8-12-21(13-9-19)32-26(18-6-10-20(11-7-18)31(2)3)25(28(35)29(32)36)27(34)23-15-14-22(37-4)16-24(23)38-5/h6-16,26,34H,1-5H3,(H,30,33)/b27-25-. The average Bonchev–Trinajstić information content (AvgIpc) is 3.18. The van der Waals surface area contributed by atoms with Crippen molar-refractivity contribution in [3.05, 3.63) is 83.4 Å². The summed E-state index contributed by atoms with van der Waals surface area (Å²) in [6.07, 6.45) is 0. The summed E-state index contributed by atoms with van der Waals surface area (Å²) in [5, 5.41) is 14.2. The molecular formula is C29H29N3O6. The smallest absolute Gasteiger partial charge is 0.300 e. The lowest BCUT2D eigenvalue weighted by Gasteiger charge is -2.26. The molecule has 4 rings (SSSR count). The normalized spacial score (nSPS) is 16.3. The van der Waals surface area contributed by atoms with Crippen LogP contribution in [0.3, 0.4) is 0 Å². The van der Waals surface area contributed by atoms with Crippen LogP contribution in [0.15, 0.2) is 72.3 Å². The summed E-state index contributed by atoms with van der Waals surface area (Å²) in [5.41, 5.74) is 2.73. The monoisotopic (exact) mass is 515 g/mol. The fourth-order valence-electron chi connectivity index (χ4n) is 4.42. The van der Waals surface area contributed by atoms with Crippen LogP contribution in [0.25, 0.3) is 5.76 Å². The number of ketones is 1. The van der Waals surface area contributed by atoms with Crippen molar-refractivity contribution in [2.75, 3.05) is 43.4 Å². The molecule has 3 aromatic carbocycles. The second kappa shape index (κ2) is 10.7. The highest BCUT2D eigenvalue weighted by molar-refractivity contribution is 6.51. The second-order valence-corrected chi connectivity index (χ2v) is 8.95. The third-order valence-electron chi connectivity index (χ3n) is 6.30. The number of carbonyl (C=O) groups is 3. The van der Waals surface area contributed by atoms with E-state index in [0.29, 0.717) is 22.7 Å². The number of hydrogen-bond acceptors (Lipinski definition) is 7. The molecule has 1 fully saturated rings. The van der Waals surface area contributed by atoms with Crippen LogP contribution >= 0.6 is 0 Å². The number of amides is 2. The van der Waals surface area contributed by atoms with Crippen molar-refractivity contribution in [3.63, 3.8) is 0 Å². The van der Waals surface area contributed by atoms with E-state index in [1.54, 1.807) is 42.5 Å². The van der Waals surface area contributed by atoms with Gasteiger partial charge in [0, 0.05) is 44.1 Å². The Morgan fingerprint density at radius 3 is 2.16 bits per heavy atom. The van der Waals surface area contributed by atoms with E-state index in [0.717, 1.165) is 5.69 Å². The fourth-order valence-corrected chi connectivity index (χ4v) is 4.42. The zero-order valence-electron chi connectivity index (χ0n) is 21.8. The molecule has 1 aliphatic heterocycles. The highest BCUT2D eigenvalue weighted by Crippen LogP contribution is 2.44. The van der Waals surface area contributed by atoms with E-state index in [9.17, 15) is 19.5 Å². The zero-order chi connectivity index (χ0) is 27.6. The van der Waals surface area contributed by atoms with Crippen molar-refractivity contribution < 1.29 is 29.0 Å². The lowest BCUT2D eigenvalue weighted by Crippen LogP contribution is -2.29. The quantitative estimate of drug-likeness (QED) is 0.274. The van der Waals surface area contributed by atoms with Gasteiger partial charge in [-0.1, -0.05) is 12.1 Å². The van der Waals surface area contributed by atoms with Crippen molar-refractivity contribution in [3.8, 4) is 11.5 Å². The summed E-state index contributed by atoms with van der Waals surface area (Å²) in [5.74, 6) is -1.40. The Bertz CT molecular complexity index is 1410. The molecule has 2 amide bonds. The summed E-state index contributed by atoms with van der Waals surface area (Å²) in [7, 11) is 6.77. The van der Waals surface area contributed by atoms with E-state index in [-0.39, 0.29) is 28.6 Å². The van der Waals surface area contributed by atoms with Crippen LogP contribution in [0.1, 0.15) is 24.1 Å². The number of Topliss-reactive ketones (excluding diaryl/α,β-unsaturated/α-hetero) is 1. The Labute approximate surface area is 220 Å². The predicted molar refractivity (Wildman–Crippen MR) is 146 cm³/mol. The summed E-state index contributed by atoms with van der Waals surface area (Å²) < 4.78 is 10.7. The number of hydrogen-bond donors (Lipinski definition) is 2. The maximum Gasteiger partial charge on any atom is 0.300 e. The minimum atomic E-state index is -0.912. The van der Waals surface area contributed by atoms with Gasteiger partial charge in [0.2, 0.25) is 5.91 Å². The number of aliphatic hydroxyl groups is 1. The first-order chi connectivity index (χ1) is 18.2. The molecule has 3 aromatic rings. The molecule has 38 heavy (non-hydrogen) atoms. The molecule has 1 saturated heterocycles. The van der Waals surface area contributed by atoms with Gasteiger partial charge in [0.15, 0.2) is 0 Å². The van der Waals surface area contributed by atoms with Gasteiger partial charge in [-0.25, -0.2) is 0 Å². The summed E-state index contributed by atoms with van der Waals surface area (Å²) >= 11 is 0. The third-order valence-corrected chi connectivity index (χ3v) is 6.30. The maximum absolute atomic E-state index is 13.5. The van der Waals surface area contributed by atoms with Crippen LogP contribution < -0.4 is 24.6 Å². The first-order valence-corrected chi connectivity index (χ1v) is 11.8. The Morgan fingerprint density at radius 1 is 0.947 bits per heavy atom. The summed E-state index contributed by atoms with van der Waals surface area (Å²) in [6, 6.07) is 17.9. The van der Waals surface area contributed by atoms with Gasteiger partial charge in [-0.05, 0) is 54.1 Å². The first-order valence-electron chi connectivity index (χ1n) is 11.8. The molecule has 1 aliphatic rings. The lowest BCUT2D eigenvalue weighted by molar-refractivity contribution is -0.132. The van der Waals surface area contributed by atoms with Crippen LogP contribution in [0, 0.1) is 0 Å². The third kappa shape index (κ3) is 4.90. The lowest BCUT2D eigenvalue weighted by atomic mass is 9.94. The molecule has 1 unspecified atom stereocenters. The number of methoxy groups -OCH3 is 2. The molecule has 0 bridgehead atoms. The van der Waals surface area contributed by atoms with Crippen molar-refractivity contribution in [1.29, 1.82) is 0 Å². The minimum Gasteiger partial charge on any atom is -0.507 e. The summed E-state index contributed by atoms with van der Waals surface area (Å²) in [6.45, 7) is 1.40. The SMILES string of the molecule is COc1ccc(/C(O)=C2/C(=O)C(=O)N(c3ccc(NC(C)=O)cc3)C2c2ccc(N(C)C)cc2)c(OC)c1. The summed E-state index contributed by atoms with van der Waals surface area (Å²) in [4.78, 5) is 41.6. The largest absolute Gasteiger partial charge is 0.507 e. The molecule has 9 nitrogen and oxygen atoms in total. The van der Waals surface area contributed by atoms with Gasteiger partial charge in [-0.2, -0.15) is 0 Å². The van der Waals surface area contributed by atoms with Gasteiger partial charge in [-0.3, -0.25) is 19.3 Å². The highest BCUT2D eigenvalue weighted by atomic mass is 16.5. The Morgan fingerprint density at radius 2 is 1.61 bits per heavy atom. The molecule has 0 aromatic heterocycles. The molecule has 0 spiro atoms. The van der Waals surface area contributed by atoms with Crippen molar-refractivity contribution in [2.45, 2.75) is 13.0 Å². The molecular weight excluding hydrogens is 486 g/mol. The van der Waals surface area contributed by atoms with E-state index in [2.05, 4.69) is 5.32 Å². The van der Waals surface area contributed by atoms with E-state index < -0.39 is 17.7 Å². The minimum absolute atomic E-state index is 0.0676. The number of anilines is 3. The predicted octanol–water partition coefficient (Wildman–Crippen LogP) is 4.35. The molecule has 1 atom stereocenters. The van der Waals surface area contributed by atoms with Gasteiger partial charge in [0.1, 0.15) is 17.3 Å². The molecule has 0 aliphatic carbocycles. The van der Waals surface area contributed by atoms with Crippen LogP contribution in [0.2, 0.25) is 0 Å². The van der Waals surface area contributed by atoms with E-state index in [1.165, 1.54) is 26.0 Å². The molecule has 196 valence electrons. The maximum atomic E-state index is 13.5. The number of ether oxygens (including phenoxy) is 2. The molecule has 9 heteroatoms. The molecule has 2 N–H and O–H groups in total. The van der Waals surface area contributed by atoms with Crippen LogP contribution in [-0.4, -0.2) is 51.0 Å². The number of nitrogens with one attached hydrogen (secondary N) is 1. The fraction of sp³-hybridized carbons (Fsp3) is 0.207.